The van der Waals surface area contributed by atoms with E-state index in [1.54, 1.807) is 11.8 Å². The maximum Gasteiger partial charge on any atom is 0.170 e. The smallest absolute Gasteiger partial charge is 0.170 e. The van der Waals surface area contributed by atoms with Crippen LogP contribution in [0.5, 0.6) is 0 Å². The number of rotatable bonds is 4. The third kappa shape index (κ3) is 3.43. The van der Waals surface area contributed by atoms with Gasteiger partial charge in [-0.3, -0.25) is 0 Å². The van der Waals surface area contributed by atoms with Crippen LogP contribution in [-0.4, -0.2) is 9.36 Å². The number of aryl methyl sites for hydroxylation is 1. The van der Waals surface area contributed by atoms with Gasteiger partial charge in [0, 0.05) is 22.3 Å². The van der Waals surface area contributed by atoms with Gasteiger partial charge in [0.05, 0.1) is 0 Å². The summed E-state index contributed by atoms with van der Waals surface area (Å²) in [5, 5.41) is 0. The van der Waals surface area contributed by atoms with Crippen molar-refractivity contribution in [3.63, 3.8) is 0 Å². The summed E-state index contributed by atoms with van der Waals surface area (Å²) in [5.74, 6) is 1.80. The fourth-order valence-corrected chi connectivity index (χ4v) is 3.68. The molecule has 2 N–H and O–H groups in total. The Hall–Kier alpha value is -0.590. The van der Waals surface area contributed by atoms with Gasteiger partial charge in [0.2, 0.25) is 0 Å². The highest BCUT2D eigenvalue weighted by molar-refractivity contribution is 9.10. The molecule has 0 bridgehead atoms. The molecule has 1 aromatic carbocycles. The molecule has 0 atom stereocenters. The number of nitrogens with zero attached hydrogens (tertiary/aromatic N) is 2. The van der Waals surface area contributed by atoms with Gasteiger partial charge in [0.25, 0.3) is 0 Å². The van der Waals surface area contributed by atoms with E-state index < -0.39 is 0 Å². The molecular formula is C11H12BrN3S2. The predicted molar refractivity (Wildman–Crippen MR) is 77.4 cm³/mol. The summed E-state index contributed by atoms with van der Waals surface area (Å²) >= 11 is 6.68. The molecule has 0 radical (unpaired) electrons. The van der Waals surface area contributed by atoms with E-state index >= 15 is 0 Å². The number of nitrogen functional groups attached to an aromatic ring is 1. The normalized spacial score (nSPS) is 10.7. The first-order valence-corrected chi connectivity index (χ1v) is 7.73. The lowest BCUT2D eigenvalue weighted by molar-refractivity contribution is 0.971. The number of anilines is 1. The lowest BCUT2D eigenvalue weighted by atomic mass is 10.2. The molecule has 0 saturated heterocycles. The van der Waals surface area contributed by atoms with Crippen molar-refractivity contribution in [2.75, 3.05) is 5.73 Å². The molecule has 0 fully saturated rings. The molecule has 0 aliphatic carbocycles. The van der Waals surface area contributed by atoms with Crippen LogP contribution in [0.2, 0.25) is 0 Å². The zero-order valence-electron chi connectivity index (χ0n) is 9.31. The van der Waals surface area contributed by atoms with Gasteiger partial charge in [-0.1, -0.05) is 40.7 Å². The van der Waals surface area contributed by atoms with Crippen molar-refractivity contribution in [2.45, 2.75) is 23.4 Å². The standard InChI is InChI=1S/C11H12BrN3S2/c1-2-10-14-11(17-15-10)16-6-7-3-4-8(13)5-9(7)12/h3-5H,2,6,13H2,1H3. The SMILES string of the molecule is CCc1nsc(SCc2ccc(N)cc2Br)n1. The van der Waals surface area contributed by atoms with Gasteiger partial charge in [0.15, 0.2) is 4.34 Å². The Labute approximate surface area is 117 Å². The summed E-state index contributed by atoms with van der Waals surface area (Å²) in [5.41, 5.74) is 7.69. The number of benzene rings is 1. The van der Waals surface area contributed by atoms with E-state index in [1.807, 2.05) is 18.2 Å². The minimum absolute atomic E-state index is 0.773. The van der Waals surface area contributed by atoms with Gasteiger partial charge in [-0.15, -0.1) is 0 Å². The molecule has 2 aromatic rings. The molecule has 0 aliphatic heterocycles. The molecule has 2 rings (SSSR count). The van der Waals surface area contributed by atoms with Crippen molar-refractivity contribution in [3.8, 4) is 0 Å². The maximum absolute atomic E-state index is 5.70. The van der Waals surface area contributed by atoms with Crippen LogP contribution in [0.25, 0.3) is 0 Å². The van der Waals surface area contributed by atoms with Crippen molar-refractivity contribution in [1.29, 1.82) is 0 Å². The topological polar surface area (TPSA) is 51.8 Å². The van der Waals surface area contributed by atoms with Crippen LogP contribution in [0.1, 0.15) is 18.3 Å². The maximum atomic E-state index is 5.70. The van der Waals surface area contributed by atoms with E-state index in [1.165, 1.54) is 17.1 Å². The van der Waals surface area contributed by atoms with Gasteiger partial charge in [-0.25, -0.2) is 4.98 Å². The Morgan fingerprint density at radius 3 is 2.94 bits per heavy atom. The lowest BCUT2D eigenvalue weighted by Crippen LogP contribution is -1.88. The van der Waals surface area contributed by atoms with E-state index in [2.05, 4.69) is 32.2 Å². The third-order valence-electron chi connectivity index (χ3n) is 2.19. The summed E-state index contributed by atoms with van der Waals surface area (Å²) in [7, 11) is 0. The Morgan fingerprint density at radius 2 is 2.29 bits per heavy atom. The lowest BCUT2D eigenvalue weighted by Gasteiger charge is -2.03. The highest BCUT2D eigenvalue weighted by Gasteiger charge is 2.05. The van der Waals surface area contributed by atoms with E-state index in [0.717, 1.165) is 32.5 Å². The van der Waals surface area contributed by atoms with E-state index in [4.69, 9.17) is 5.73 Å². The van der Waals surface area contributed by atoms with Crippen molar-refractivity contribution >= 4 is 44.9 Å². The highest BCUT2D eigenvalue weighted by atomic mass is 79.9. The van der Waals surface area contributed by atoms with Crippen molar-refractivity contribution in [2.24, 2.45) is 0 Å². The van der Waals surface area contributed by atoms with Crippen LogP contribution < -0.4 is 5.73 Å². The zero-order chi connectivity index (χ0) is 12.3. The van der Waals surface area contributed by atoms with Gasteiger partial charge in [-0.2, -0.15) is 4.37 Å². The first-order chi connectivity index (χ1) is 8.19. The number of thioether (sulfide) groups is 1. The number of hydrogen-bond acceptors (Lipinski definition) is 5. The average molecular weight is 330 g/mol. The minimum atomic E-state index is 0.773. The number of halogens is 1. The summed E-state index contributed by atoms with van der Waals surface area (Å²) in [6, 6.07) is 5.87. The predicted octanol–water partition coefficient (Wildman–Crippen LogP) is 3.74. The fraction of sp³-hybridized carbons (Fsp3) is 0.273. The molecule has 1 aromatic heterocycles. The highest BCUT2D eigenvalue weighted by Crippen LogP contribution is 2.29. The zero-order valence-corrected chi connectivity index (χ0v) is 12.5. The molecule has 0 aliphatic rings. The molecule has 1 heterocycles. The molecule has 6 heteroatoms. The van der Waals surface area contributed by atoms with Crippen molar-refractivity contribution in [1.82, 2.24) is 9.36 Å². The number of hydrogen-bond donors (Lipinski definition) is 1. The monoisotopic (exact) mass is 329 g/mol. The Kier molecular flexibility index (Phi) is 4.42. The second kappa shape index (κ2) is 5.84. The van der Waals surface area contributed by atoms with Crippen LogP contribution in [0.4, 0.5) is 5.69 Å². The fourth-order valence-electron chi connectivity index (χ4n) is 1.26. The van der Waals surface area contributed by atoms with Gasteiger partial charge < -0.3 is 5.73 Å². The molecule has 0 saturated carbocycles. The second-order valence-electron chi connectivity index (χ2n) is 3.47. The molecule has 3 nitrogen and oxygen atoms in total. The number of aromatic nitrogens is 2. The Morgan fingerprint density at radius 1 is 1.47 bits per heavy atom. The quantitative estimate of drug-likeness (QED) is 0.685. The summed E-state index contributed by atoms with van der Waals surface area (Å²) in [6.45, 7) is 2.06. The molecular weight excluding hydrogens is 318 g/mol. The van der Waals surface area contributed by atoms with Crippen LogP contribution in [-0.2, 0) is 12.2 Å². The van der Waals surface area contributed by atoms with E-state index in [0.29, 0.717) is 0 Å². The van der Waals surface area contributed by atoms with Crippen LogP contribution in [0.3, 0.4) is 0 Å². The minimum Gasteiger partial charge on any atom is -0.399 e. The van der Waals surface area contributed by atoms with Crippen LogP contribution in [0.15, 0.2) is 27.0 Å². The van der Waals surface area contributed by atoms with Gasteiger partial charge in [0.1, 0.15) is 5.82 Å². The summed E-state index contributed by atoms with van der Waals surface area (Å²) in [4.78, 5) is 4.42. The van der Waals surface area contributed by atoms with E-state index in [-0.39, 0.29) is 0 Å². The number of nitrogens with two attached hydrogens (primary N) is 1. The summed E-state index contributed by atoms with van der Waals surface area (Å²) < 4.78 is 6.33. The van der Waals surface area contributed by atoms with Crippen LogP contribution in [0, 0.1) is 0 Å². The van der Waals surface area contributed by atoms with E-state index in [9.17, 15) is 0 Å². The molecule has 90 valence electrons. The third-order valence-corrected chi connectivity index (χ3v) is 4.85. The van der Waals surface area contributed by atoms with Crippen molar-refractivity contribution < 1.29 is 0 Å². The molecule has 0 unspecified atom stereocenters. The molecule has 0 amide bonds. The second-order valence-corrected chi connectivity index (χ2v) is 6.30. The molecule has 17 heavy (non-hydrogen) atoms. The Bertz CT molecular complexity index is 513. The van der Waals surface area contributed by atoms with Crippen LogP contribution >= 0.6 is 39.2 Å². The first kappa shape index (κ1) is 12.9. The Balaban J connectivity index is 2.02. The van der Waals surface area contributed by atoms with Gasteiger partial charge in [-0.05, 0) is 29.2 Å². The first-order valence-electron chi connectivity index (χ1n) is 5.18. The van der Waals surface area contributed by atoms with Gasteiger partial charge >= 0.3 is 0 Å². The summed E-state index contributed by atoms with van der Waals surface area (Å²) in [6.07, 6.45) is 0.891. The largest absolute Gasteiger partial charge is 0.399 e. The molecule has 0 spiro atoms. The van der Waals surface area contributed by atoms with Crippen molar-refractivity contribution in [3.05, 3.63) is 34.1 Å². The average Bonchev–Trinajstić information content (AvgIpc) is 2.76.